The number of likely N-dealkylation sites (tertiary alicyclic amines) is 1. The van der Waals surface area contributed by atoms with Crippen LogP contribution in [0.15, 0.2) is 18.2 Å². The van der Waals surface area contributed by atoms with Crippen LogP contribution in [-0.2, 0) is 40.0 Å². The Balaban J connectivity index is 1.40. The van der Waals surface area contributed by atoms with Crippen LogP contribution >= 0.6 is 23.2 Å². The summed E-state index contributed by atoms with van der Waals surface area (Å²) in [5, 5.41) is 8.57. The number of hydrogen-bond acceptors (Lipinski definition) is 7. The molecule has 22 heteroatoms. The Labute approximate surface area is 383 Å². The lowest BCUT2D eigenvalue weighted by Gasteiger charge is -2.48. The molecule has 3 N–H and O–H groups in total. The molecule has 14 nitrogen and oxygen atoms in total. The molecule has 1 aromatic carbocycles. The van der Waals surface area contributed by atoms with Crippen molar-refractivity contribution in [3.05, 3.63) is 33.8 Å². The summed E-state index contributed by atoms with van der Waals surface area (Å²) >= 11 is 12.9. The first kappa shape index (κ1) is 51.7. The highest BCUT2D eigenvalue weighted by Gasteiger charge is 2.75. The average Bonchev–Trinajstić information content (AvgIpc) is 3.62. The van der Waals surface area contributed by atoms with Crippen LogP contribution in [0, 0.1) is 11.3 Å². The Hall–Kier alpha value is -4.33. The van der Waals surface area contributed by atoms with E-state index in [0.29, 0.717) is 41.2 Å². The first-order chi connectivity index (χ1) is 30.3. The van der Waals surface area contributed by atoms with Crippen molar-refractivity contribution in [1.29, 1.82) is 0 Å². The number of carbonyl (C=O) groups excluding carboxylic acids is 7. The zero-order valence-corrected chi connectivity index (χ0v) is 38.4. The van der Waals surface area contributed by atoms with Crippen LogP contribution in [0.3, 0.4) is 0 Å². The number of nitrogens with one attached hydrogen (secondary N) is 3. The molecule has 0 unspecified atom stereocenters. The molecule has 0 bridgehead atoms. The summed E-state index contributed by atoms with van der Waals surface area (Å²) in [7, 11) is 2.67. The van der Waals surface area contributed by atoms with Crippen molar-refractivity contribution < 1.29 is 59.9 Å². The summed E-state index contributed by atoms with van der Waals surface area (Å²) < 4.78 is 84.6. The van der Waals surface area contributed by atoms with Gasteiger partial charge in [0, 0.05) is 62.9 Å². The van der Waals surface area contributed by atoms with Gasteiger partial charge in [-0.2, -0.15) is 13.2 Å². The lowest BCUT2D eigenvalue weighted by molar-refractivity contribution is -0.299. The molecule has 1 saturated carbocycles. The molecule has 362 valence electrons. The van der Waals surface area contributed by atoms with Crippen LogP contribution in [0.1, 0.15) is 90.5 Å². The van der Waals surface area contributed by atoms with E-state index in [0.717, 1.165) is 4.90 Å². The summed E-state index contributed by atoms with van der Waals surface area (Å²) in [6.07, 6.45) is -9.58. The van der Waals surface area contributed by atoms with Gasteiger partial charge in [0.2, 0.25) is 41.4 Å². The summed E-state index contributed by atoms with van der Waals surface area (Å²) in [5.41, 5.74) is -3.05. The smallest absolute Gasteiger partial charge is 0.354 e. The van der Waals surface area contributed by atoms with Gasteiger partial charge in [-0.3, -0.25) is 33.6 Å². The molecule has 3 heterocycles. The van der Waals surface area contributed by atoms with E-state index in [1.807, 2.05) is 13.8 Å². The van der Waals surface area contributed by atoms with Gasteiger partial charge < -0.3 is 35.6 Å². The molecule has 3 aliphatic heterocycles. The molecule has 3 saturated heterocycles. The minimum absolute atomic E-state index is 0.00837. The predicted octanol–water partition coefficient (Wildman–Crippen LogP) is 4.82. The summed E-state index contributed by atoms with van der Waals surface area (Å²) in [6, 6.07) is -3.24. The minimum Gasteiger partial charge on any atom is -0.354 e. The fourth-order valence-electron chi connectivity index (χ4n) is 9.28. The second-order valence-electron chi connectivity index (χ2n) is 18.2. The molecule has 65 heavy (non-hydrogen) atoms. The van der Waals surface area contributed by atoms with Crippen molar-refractivity contribution in [2.75, 3.05) is 33.7 Å². The minimum atomic E-state index is -5.42. The predicted molar refractivity (Wildman–Crippen MR) is 226 cm³/mol. The van der Waals surface area contributed by atoms with Gasteiger partial charge in [0.05, 0.1) is 6.54 Å². The molecule has 7 amide bonds. The van der Waals surface area contributed by atoms with E-state index in [1.165, 1.54) is 30.8 Å². The molecule has 0 spiro atoms. The molecule has 0 radical (unpaired) electrons. The quantitative estimate of drug-likeness (QED) is 0.299. The molecule has 4 fully saturated rings. The Morgan fingerprint density at radius 3 is 2.26 bits per heavy atom. The Morgan fingerprint density at radius 2 is 1.63 bits per heavy atom. The van der Waals surface area contributed by atoms with E-state index < -0.39 is 127 Å². The van der Waals surface area contributed by atoms with Gasteiger partial charge >= 0.3 is 6.18 Å². The number of nitrogens with zero attached hydrogens (tertiary/aromatic N) is 4. The molecule has 0 aromatic heterocycles. The highest BCUT2D eigenvalue weighted by Crippen LogP contribution is 2.61. The van der Waals surface area contributed by atoms with E-state index in [9.17, 15) is 59.9 Å². The number of carbonyl (C=O) groups is 7. The Morgan fingerprint density at radius 1 is 0.969 bits per heavy atom. The molecular weight excluding hydrogens is 911 g/mol. The summed E-state index contributed by atoms with van der Waals surface area (Å²) in [6.45, 7) is 4.28. The van der Waals surface area contributed by atoms with Gasteiger partial charge in [-0.05, 0) is 81.5 Å². The first-order valence-corrected chi connectivity index (χ1v) is 22.6. The van der Waals surface area contributed by atoms with Crippen molar-refractivity contribution in [1.82, 2.24) is 35.6 Å². The molecule has 1 aliphatic carbocycles. The number of halogens is 8. The lowest BCUT2D eigenvalue weighted by atomic mass is 9.64. The van der Waals surface area contributed by atoms with Gasteiger partial charge in [0.25, 0.3) is 5.92 Å². The maximum absolute atomic E-state index is 14.7. The SMILES string of the molecule is CC(C)C[C@@H]1NC(=O)[C@@H](N(C)C(=O)[C@H](C)NC(=O)[C@@H]2C[C@@H](F)CN2C(=O)C2(C(F)(F)F)CC(F)(F)C2)CCCCNC(=O)[C@H]2CCCCN2C(=O)[C@H](Cc2cc(Cl)ccc2Cl)N(C)C1=O. The molecule has 5 rings (SSSR count). The Bertz CT molecular complexity index is 1990. The second kappa shape index (κ2) is 20.7. The van der Waals surface area contributed by atoms with Crippen molar-refractivity contribution in [2.24, 2.45) is 11.3 Å². The van der Waals surface area contributed by atoms with Crippen LogP contribution in [0.4, 0.5) is 26.3 Å². The largest absolute Gasteiger partial charge is 0.403 e. The van der Waals surface area contributed by atoms with Crippen molar-refractivity contribution in [2.45, 2.75) is 146 Å². The monoisotopic (exact) mass is 967 g/mol. The molecular formula is C43H57Cl2F6N7O7. The standard InChI is InChI=1S/C43H57Cl2F6N7O7/c1-23(2)16-29-38(63)56(5)33(18-25-17-26(44)12-13-28(25)45)39(64)57-15-9-7-11-31(57)34(59)52-14-8-6-10-30(35(60)54-29)55(4)37(62)24(3)53-36(61)32-19-27(46)20-58(32)40(65)41(43(49,50)51)21-42(47,48)22-41/h12-13,17,23-24,27,29-33H,6-11,14-16,18-22H2,1-5H3,(H,52,59)(H,53,61)(H,54,60)/t24-,27+,29-,30-,31+,32-,33-/m0/s1. The third-order valence-electron chi connectivity index (χ3n) is 12.9. The highest BCUT2D eigenvalue weighted by molar-refractivity contribution is 6.33. The molecule has 4 aliphatic rings. The number of amides is 7. The normalized spacial score (nSPS) is 27.3. The number of piperidine rings is 1. The molecule has 1 aromatic rings. The van der Waals surface area contributed by atoms with Gasteiger partial charge in [0.15, 0.2) is 5.41 Å². The van der Waals surface area contributed by atoms with E-state index in [2.05, 4.69) is 16.0 Å². The van der Waals surface area contributed by atoms with E-state index in [1.54, 1.807) is 18.2 Å². The fourth-order valence-corrected chi connectivity index (χ4v) is 9.67. The number of likely N-dealkylation sites (N-methyl/N-ethyl adjacent to an activating group) is 2. The highest BCUT2D eigenvalue weighted by atomic mass is 35.5. The van der Waals surface area contributed by atoms with Crippen LogP contribution in [0.5, 0.6) is 0 Å². The van der Waals surface area contributed by atoms with E-state index in [4.69, 9.17) is 23.2 Å². The lowest BCUT2D eigenvalue weighted by Crippen LogP contribution is -2.65. The number of benzene rings is 1. The third kappa shape index (κ3) is 11.6. The van der Waals surface area contributed by atoms with Gasteiger partial charge in [0.1, 0.15) is 42.4 Å². The Kier molecular flexibility index (Phi) is 16.4. The zero-order chi connectivity index (χ0) is 48.3. The van der Waals surface area contributed by atoms with Gasteiger partial charge in [-0.15, -0.1) is 0 Å². The summed E-state index contributed by atoms with van der Waals surface area (Å²) in [5.74, 6) is -10.3. The van der Waals surface area contributed by atoms with Crippen LogP contribution in [0.25, 0.3) is 0 Å². The second-order valence-corrected chi connectivity index (χ2v) is 19.1. The number of fused-ring (bicyclic) bond motifs is 1. The molecule has 7 atom stereocenters. The van der Waals surface area contributed by atoms with E-state index in [-0.39, 0.29) is 49.7 Å². The number of alkyl halides is 6. The number of rotatable bonds is 9. The maximum atomic E-state index is 14.7. The zero-order valence-electron chi connectivity index (χ0n) is 36.9. The van der Waals surface area contributed by atoms with Crippen molar-refractivity contribution >= 4 is 64.6 Å². The van der Waals surface area contributed by atoms with Gasteiger partial charge in [-0.1, -0.05) is 37.0 Å². The summed E-state index contributed by atoms with van der Waals surface area (Å²) in [4.78, 5) is 102. The average molecular weight is 969 g/mol. The van der Waals surface area contributed by atoms with Crippen molar-refractivity contribution in [3.63, 3.8) is 0 Å². The van der Waals surface area contributed by atoms with E-state index >= 15 is 0 Å². The van der Waals surface area contributed by atoms with Crippen molar-refractivity contribution in [3.8, 4) is 0 Å². The third-order valence-corrected chi connectivity index (χ3v) is 13.5. The first-order valence-electron chi connectivity index (χ1n) is 21.8. The number of hydrogen-bond donors (Lipinski definition) is 3. The van der Waals surface area contributed by atoms with Crippen LogP contribution in [-0.4, -0.2) is 149 Å². The fraction of sp³-hybridized carbons (Fsp3) is 0.698. The van der Waals surface area contributed by atoms with Crippen LogP contribution in [0.2, 0.25) is 10.0 Å². The maximum Gasteiger partial charge on any atom is 0.403 e. The topological polar surface area (TPSA) is 169 Å². The van der Waals surface area contributed by atoms with Gasteiger partial charge in [-0.25, -0.2) is 13.2 Å². The van der Waals surface area contributed by atoms with Crippen LogP contribution < -0.4 is 16.0 Å².